The van der Waals surface area contributed by atoms with E-state index in [9.17, 15) is 9.59 Å². The summed E-state index contributed by atoms with van der Waals surface area (Å²) < 4.78 is 2.65. The highest BCUT2D eigenvalue weighted by atomic mass is 79.9. The highest BCUT2D eigenvalue weighted by Gasteiger charge is 2.16. The second-order valence-electron chi connectivity index (χ2n) is 4.54. The molecule has 1 heterocycles. The maximum absolute atomic E-state index is 12.4. The van der Waals surface area contributed by atoms with Crippen LogP contribution in [0.4, 0.5) is 5.69 Å². The smallest absolute Gasteiger partial charge is 0.337 e. The van der Waals surface area contributed by atoms with E-state index in [2.05, 4.69) is 21.2 Å². The lowest BCUT2D eigenvalue weighted by Gasteiger charge is -2.10. The number of aryl methyl sites for hydroxylation is 1. The van der Waals surface area contributed by atoms with Crippen LogP contribution in [0.3, 0.4) is 0 Å². The van der Waals surface area contributed by atoms with E-state index >= 15 is 0 Å². The Bertz CT molecular complexity index is 679. The molecule has 0 fully saturated rings. The van der Waals surface area contributed by atoms with Crippen LogP contribution in [0.25, 0.3) is 0 Å². The van der Waals surface area contributed by atoms with Crippen LogP contribution in [0.15, 0.2) is 41.0 Å². The average molecular weight is 351 g/mol. The van der Waals surface area contributed by atoms with Crippen LogP contribution in [0.2, 0.25) is 0 Å². The molecular weight excluding hydrogens is 336 g/mol. The largest absolute Gasteiger partial charge is 0.478 e. The highest BCUT2D eigenvalue weighted by Crippen LogP contribution is 2.19. The van der Waals surface area contributed by atoms with E-state index in [4.69, 9.17) is 5.11 Å². The van der Waals surface area contributed by atoms with Crippen molar-refractivity contribution in [3.63, 3.8) is 0 Å². The summed E-state index contributed by atoms with van der Waals surface area (Å²) in [6.45, 7) is 2.74. The monoisotopic (exact) mass is 350 g/mol. The van der Waals surface area contributed by atoms with E-state index in [1.165, 1.54) is 6.07 Å². The van der Waals surface area contributed by atoms with Gasteiger partial charge in [0.05, 0.1) is 11.3 Å². The Morgan fingerprint density at radius 2 is 2.05 bits per heavy atom. The number of aromatic nitrogens is 1. The Morgan fingerprint density at radius 3 is 2.71 bits per heavy atom. The third kappa shape index (κ3) is 3.52. The Morgan fingerprint density at radius 1 is 1.33 bits per heavy atom. The van der Waals surface area contributed by atoms with Crippen molar-refractivity contribution >= 4 is 33.5 Å². The second kappa shape index (κ2) is 6.58. The second-order valence-corrected chi connectivity index (χ2v) is 5.46. The summed E-state index contributed by atoms with van der Waals surface area (Å²) >= 11 is 3.35. The highest BCUT2D eigenvalue weighted by molar-refractivity contribution is 9.10. The molecule has 1 aromatic carbocycles. The molecule has 0 aliphatic heterocycles. The van der Waals surface area contributed by atoms with Crippen molar-refractivity contribution in [3.05, 3.63) is 52.3 Å². The third-order valence-corrected chi connectivity index (χ3v) is 3.40. The molecule has 1 amide bonds. The number of anilines is 1. The van der Waals surface area contributed by atoms with Gasteiger partial charge in [0.25, 0.3) is 5.91 Å². The quantitative estimate of drug-likeness (QED) is 0.865. The first-order chi connectivity index (χ1) is 10.0. The molecule has 1 aromatic heterocycles. The number of para-hydroxylation sites is 1. The third-order valence-electron chi connectivity index (χ3n) is 2.97. The normalized spacial score (nSPS) is 10.4. The molecule has 6 heteroatoms. The number of hydrogen-bond donors (Lipinski definition) is 2. The van der Waals surface area contributed by atoms with Crippen LogP contribution in [0.1, 0.15) is 34.2 Å². The van der Waals surface area contributed by atoms with Crippen molar-refractivity contribution < 1.29 is 14.7 Å². The van der Waals surface area contributed by atoms with Crippen molar-refractivity contribution in [3.8, 4) is 0 Å². The number of carboxylic acids is 1. The van der Waals surface area contributed by atoms with Crippen LogP contribution in [-0.4, -0.2) is 21.6 Å². The van der Waals surface area contributed by atoms with Gasteiger partial charge in [-0.05, 0) is 40.5 Å². The number of aromatic carboxylic acids is 1. The minimum absolute atomic E-state index is 0.0681. The molecular formula is C15H15BrN2O3. The van der Waals surface area contributed by atoms with E-state index in [1.54, 1.807) is 24.3 Å². The molecule has 0 aliphatic rings. The number of carboxylic acid groups (broad SMARTS) is 1. The molecule has 0 saturated heterocycles. The van der Waals surface area contributed by atoms with E-state index < -0.39 is 5.97 Å². The van der Waals surface area contributed by atoms with Crippen molar-refractivity contribution in [1.82, 2.24) is 4.57 Å². The SMILES string of the molecule is CCCn1cc(Br)cc1C(=O)Nc1ccccc1C(=O)O. The van der Waals surface area contributed by atoms with Crippen molar-refractivity contribution in [2.24, 2.45) is 0 Å². The number of amides is 1. The molecule has 0 aliphatic carbocycles. The average Bonchev–Trinajstić information content (AvgIpc) is 2.80. The van der Waals surface area contributed by atoms with Crippen LogP contribution in [0, 0.1) is 0 Å². The molecule has 0 spiro atoms. The molecule has 0 radical (unpaired) electrons. The fraction of sp³-hybridized carbons (Fsp3) is 0.200. The lowest BCUT2D eigenvalue weighted by Crippen LogP contribution is -2.18. The van der Waals surface area contributed by atoms with Gasteiger partial charge in [-0.25, -0.2) is 4.79 Å². The van der Waals surface area contributed by atoms with E-state index in [0.29, 0.717) is 5.69 Å². The molecule has 21 heavy (non-hydrogen) atoms. The van der Waals surface area contributed by atoms with Crippen molar-refractivity contribution in [2.45, 2.75) is 19.9 Å². The van der Waals surface area contributed by atoms with Crippen molar-refractivity contribution in [2.75, 3.05) is 5.32 Å². The zero-order chi connectivity index (χ0) is 15.4. The number of halogens is 1. The van der Waals surface area contributed by atoms with Crippen molar-refractivity contribution in [1.29, 1.82) is 0 Å². The Kier molecular flexibility index (Phi) is 4.80. The topological polar surface area (TPSA) is 71.3 Å². The molecule has 2 N–H and O–H groups in total. The van der Waals surface area contributed by atoms with Gasteiger partial charge in [-0.1, -0.05) is 19.1 Å². The number of nitrogens with one attached hydrogen (secondary N) is 1. The predicted octanol–water partition coefficient (Wildman–Crippen LogP) is 3.61. The van der Waals surface area contributed by atoms with Crippen LogP contribution < -0.4 is 5.32 Å². The molecule has 5 nitrogen and oxygen atoms in total. The van der Waals surface area contributed by atoms with Crippen LogP contribution in [0.5, 0.6) is 0 Å². The molecule has 0 bridgehead atoms. The molecule has 0 unspecified atom stereocenters. The molecule has 2 rings (SSSR count). The fourth-order valence-corrected chi connectivity index (χ4v) is 2.52. The Labute approximate surface area is 130 Å². The van der Waals surface area contributed by atoms with E-state index in [-0.39, 0.29) is 17.2 Å². The van der Waals surface area contributed by atoms with Crippen LogP contribution in [-0.2, 0) is 6.54 Å². The maximum atomic E-state index is 12.4. The van der Waals surface area contributed by atoms with E-state index in [0.717, 1.165) is 17.4 Å². The van der Waals surface area contributed by atoms with E-state index in [1.807, 2.05) is 17.7 Å². The van der Waals surface area contributed by atoms with Gasteiger partial charge in [-0.2, -0.15) is 0 Å². The Hall–Kier alpha value is -2.08. The number of benzene rings is 1. The molecule has 110 valence electrons. The lowest BCUT2D eigenvalue weighted by atomic mass is 10.2. The summed E-state index contributed by atoms with van der Waals surface area (Å²) in [6, 6.07) is 8.05. The first-order valence-electron chi connectivity index (χ1n) is 6.52. The minimum atomic E-state index is -1.07. The number of hydrogen-bond acceptors (Lipinski definition) is 2. The summed E-state index contributed by atoms with van der Waals surface area (Å²) in [6.07, 6.45) is 2.73. The summed E-state index contributed by atoms with van der Waals surface area (Å²) in [5.74, 6) is -1.40. The standard InChI is InChI=1S/C15H15BrN2O3/c1-2-7-18-9-10(16)8-13(18)14(19)17-12-6-4-3-5-11(12)15(20)21/h3-6,8-9H,2,7H2,1H3,(H,17,19)(H,20,21). The summed E-state index contributed by atoms with van der Waals surface area (Å²) in [4.78, 5) is 23.5. The lowest BCUT2D eigenvalue weighted by molar-refractivity contribution is 0.0698. The summed E-state index contributed by atoms with van der Waals surface area (Å²) in [5.41, 5.74) is 0.845. The minimum Gasteiger partial charge on any atom is -0.478 e. The Balaban J connectivity index is 2.28. The van der Waals surface area contributed by atoms with Crippen LogP contribution >= 0.6 is 15.9 Å². The number of carbonyl (C=O) groups is 2. The molecule has 2 aromatic rings. The van der Waals surface area contributed by atoms with Gasteiger partial charge in [0.2, 0.25) is 0 Å². The number of rotatable bonds is 5. The maximum Gasteiger partial charge on any atom is 0.337 e. The number of nitrogens with zero attached hydrogens (tertiary/aromatic N) is 1. The number of carbonyl (C=O) groups excluding carboxylic acids is 1. The van der Waals surface area contributed by atoms with Gasteiger partial charge in [0.15, 0.2) is 0 Å². The molecule has 0 atom stereocenters. The zero-order valence-corrected chi connectivity index (χ0v) is 13.1. The van der Waals surface area contributed by atoms with Gasteiger partial charge in [-0.15, -0.1) is 0 Å². The first-order valence-corrected chi connectivity index (χ1v) is 7.31. The first kappa shape index (κ1) is 15.3. The summed E-state index contributed by atoms with van der Waals surface area (Å²) in [5, 5.41) is 11.8. The molecule has 0 saturated carbocycles. The van der Waals surface area contributed by atoms with Gasteiger partial charge in [-0.3, -0.25) is 4.79 Å². The van der Waals surface area contributed by atoms with Gasteiger partial charge in [0.1, 0.15) is 5.69 Å². The predicted molar refractivity (Wildman–Crippen MR) is 83.8 cm³/mol. The fourth-order valence-electron chi connectivity index (χ4n) is 2.06. The van der Waals surface area contributed by atoms with Gasteiger partial charge >= 0.3 is 5.97 Å². The summed E-state index contributed by atoms with van der Waals surface area (Å²) in [7, 11) is 0. The van der Waals surface area contributed by atoms with Gasteiger partial charge in [0, 0.05) is 17.2 Å². The zero-order valence-electron chi connectivity index (χ0n) is 11.5. The van der Waals surface area contributed by atoms with Gasteiger partial charge < -0.3 is 15.0 Å².